The first kappa shape index (κ1) is 10.9. The summed E-state index contributed by atoms with van der Waals surface area (Å²) in [5.74, 6) is 1.49. The first-order valence-corrected chi connectivity index (χ1v) is 6.40. The summed E-state index contributed by atoms with van der Waals surface area (Å²) < 4.78 is 3.05. The lowest BCUT2D eigenvalue weighted by Crippen LogP contribution is -2.03. The van der Waals surface area contributed by atoms with Crippen LogP contribution in [-0.2, 0) is 6.61 Å². The Morgan fingerprint density at radius 2 is 2.06 bits per heavy atom. The van der Waals surface area contributed by atoms with Gasteiger partial charge in [0.05, 0.1) is 0 Å². The number of nitrogens with zero attached hydrogens (tertiary/aromatic N) is 3. The van der Waals surface area contributed by atoms with Crippen LogP contribution in [-0.4, -0.2) is 19.9 Å². The summed E-state index contributed by atoms with van der Waals surface area (Å²) in [4.78, 5) is 0. The summed E-state index contributed by atoms with van der Waals surface area (Å²) in [7, 11) is 0. The summed E-state index contributed by atoms with van der Waals surface area (Å²) in [5, 5.41) is 17.5. The summed E-state index contributed by atoms with van der Waals surface area (Å²) in [6, 6.07) is 8.39. The Balaban J connectivity index is 2.14. The van der Waals surface area contributed by atoms with Crippen molar-refractivity contribution in [1.82, 2.24) is 14.8 Å². The molecule has 1 heterocycles. The number of aromatic nitrogens is 3. The van der Waals surface area contributed by atoms with Gasteiger partial charge in [0.2, 0.25) is 0 Å². The van der Waals surface area contributed by atoms with E-state index in [-0.39, 0.29) is 6.61 Å². The predicted octanol–water partition coefficient (Wildman–Crippen LogP) is 2.53. The highest BCUT2D eigenvalue weighted by Crippen LogP contribution is 2.40. The van der Waals surface area contributed by atoms with Gasteiger partial charge in [-0.1, -0.05) is 34.1 Å². The van der Waals surface area contributed by atoms with Gasteiger partial charge in [0.25, 0.3) is 0 Å². The number of aliphatic hydroxyl groups is 1. The number of benzene rings is 1. The normalized spacial score (nSPS) is 15.2. The Morgan fingerprint density at radius 1 is 1.29 bits per heavy atom. The monoisotopic (exact) mass is 293 g/mol. The highest BCUT2D eigenvalue weighted by Gasteiger charge is 2.29. The molecule has 0 aliphatic heterocycles. The van der Waals surface area contributed by atoms with E-state index in [2.05, 4.69) is 30.7 Å². The van der Waals surface area contributed by atoms with E-state index in [4.69, 9.17) is 0 Å². The first-order chi connectivity index (χ1) is 8.31. The standard InChI is InChI=1S/C12H12BrN3O/c13-10-4-2-1-3-9(10)12-15-14-11(7-17)16(12)8-5-6-8/h1-4,8,17H,5-7H2. The maximum absolute atomic E-state index is 9.29. The fraction of sp³-hybridized carbons (Fsp3) is 0.333. The van der Waals surface area contributed by atoms with E-state index in [0.29, 0.717) is 11.9 Å². The van der Waals surface area contributed by atoms with Gasteiger partial charge in [0.15, 0.2) is 11.6 Å². The van der Waals surface area contributed by atoms with Crippen molar-refractivity contribution in [2.75, 3.05) is 0 Å². The third kappa shape index (κ3) is 1.89. The van der Waals surface area contributed by atoms with Gasteiger partial charge in [0, 0.05) is 16.1 Å². The Labute approximate surface area is 107 Å². The molecule has 3 rings (SSSR count). The van der Waals surface area contributed by atoms with E-state index in [1.54, 1.807) is 0 Å². The molecule has 5 heteroatoms. The fourth-order valence-electron chi connectivity index (χ4n) is 1.97. The van der Waals surface area contributed by atoms with Crippen LogP contribution in [0.1, 0.15) is 24.7 Å². The van der Waals surface area contributed by atoms with Crippen molar-refractivity contribution in [2.24, 2.45) is 0 Å². The van der Waals surface area contributed by atoms with E-state index < -0.39 is 0 Å². The van der Waals surface area contributed by atoms with Gasteiger partial charge in [-0.15, -0.1) is 10.2 Å². The van der Waals surface area contributed by atoms with Gasteiger partial charge in [-0.3, -0.25) is 0 Å². The summed E-state index contributed by atoms with van der Waals surface area (Å²) in [6.07, 6.45) is 2.28. The summed E-state index contributed by atoms with van der Waals surface area (Å²) in [5.41, 5.74) is 1.02. The molecular weight excluding hydrogens is 282 g/mol. The zero-order valence-electron chi connectivity index (χ0n) is 9.17. The maximum Gasteiger partial charge on any atom is 0.165 e. The van der Waals surface area contributed by atoms with Crippen molar-refractivity contribution < 1.29 is 5.11 Å². The molecule has 1 N–H and O–H groups in total. The van der Waals surface area contributed by atoms with Crippen LogP contribution in [0.15, 0.2) is 28.7 Å². The lowest BCUT2D eigenvalue weighted by molar-refractivity contribution is 0.265. The second-order valence-corrected chi connectivity index (χ2v) is 5.03. The first-order valence-electron chi connectivity index (χ1n) is 5.61. The minimum atomic E-state index is -0.0616. The zero-order valence-corrected chi connectivity index (χ0v) is 10.8. The number of hydrogen-bond acceptors (Lipinski definition) is 3. The number of rotatable bonds is 3. The minimum Gasteiger partial charge on any atom is -0.388 e. The molecule has 0 atom stereocenters. The molecule has 1 fully saturated rings. The van der Waals surface area contributed by atoms with Gasteiger partial charge < -0.3 is 9.67 Å². The third-order valence-corrected chi connectivity index (χ3v) is 3.63. The van der Waals surface area contributed by atoms with Crippen LogP contribution in [0.25, 0.3) is 11.4 Å². The maximum atomic E-state index is 9.29. The molecule has 1 saturated carbocycles. The molecule has 4 nitrogen and oxygen atoms in total. The fourth-order valence-corrected chi connectivity index (χ4v) is 2.44. The molecule has 1 aliphatic carbocycles. The predicted molar refractivity (Wildman–Crippen MR) is 67.4 cm³/mol. The van der Waals surface area contributed by atoms with Crippen LogP contribution in [0.5, 0.6) is 0 Å². The second kappa shape index (κ2) is 4.23. The van der Waals surface area contributed by atoms with E-state index >= 15 is 0 Å². The average molecular weight is 294 g/mol. The molecule has 17 heavy (non-hydrogen) atoms. The van der Waals surface area contributed by atoms with Gasteiger partial charge >= 0.3 is 0 Å². The minimum absolute atomic E-state index is 0.0616. The van der Waals surface area contributed by atoms with Crippen LogP contribution in [0.3, 0.4) is 0 Å². The van der Waals surface area contributed by atoms with E-state index in [1.165, 1.54) is 0 Å². The Morgan fingerprint density at radius 3 is 2.71 bits per heavy atom. The van der Waals surface area contributed by atoms with Crippen LogP contribution in [0.2, 0.25) is 0 Å². The van der Waals surface area contributed by atoms with Crippen molar-refractivity contribution in [2.45, 2.75) is 25.5 Å². The van der Waals surface area contributed by atoms with Gasteiger partial charge in [-0.25, -0.2) is 0 Å². The van der Waals surface area contributed by atoms with Gasteiger partial charge in [-0.2, -0.15) is 0 Å². The van der Waals surface area contributed by atoms with Crippen molar-refractivity contribution in [3.63, 3.8) is 0 Å². The Kier molecular flexibility index (Phi) is 2.72. The quantitative estimate of drug-likeness (QED) is 0.946. The molecule has 88 valence electrons. The van der Waals surface area contributed by atoms with Crippen molar-refractivity contribution >= 4 is 15.9 Å². The van der Waals surface area contributed by atoms with Crippen LogP contribution in [0, 0.1) is 0 Å². The molecular formula is C12H12BrN3O. The SMILES string of the molecule is OCc1nnc(-c2ccccc2Br)n1C1CC1. The van der Waals surface area contributed by atoms with Crippen molar-refractivity contribution in [3.05, 3.63) is 34.6 Å². The van der Waals surface area contributed by atoms with Crippen molar-refractivity contribution in [3.8, 4) is 11.4 Å². The number of aliphatic hydroxyl groups excluding tert-OH is 1. The van der Waals surface area contributed by atoms with E-state index in [1.807, 2.05) is 24.3 Å². The largest absolute Gasteiger partial charge is 0.388 e. The topological polar surface area (TPSA) is 50.9 Å². The zero-order chi connectivity index (χ0) is 11.8. The molecule has 0 radical (unpaired) electrons. The van der Waals surface area contributed by atoms with Crippen LogP contribution in [0.4, 0.5) is 0 Å². The molecule has 0 saturated heterocycles. The molecule has 1 aromatic heterocycles. The third-order valence-electron chi connectivity index (χ3n) is 2.93. The van der Waals surface area contributed by atoms with Gasteiger partial charge in [-0.05, 0) is 18.9 Å². The van der Waals surface area contributed by atoms with Crippen LogP contribution >= 0.6 is 15.9 Å². The second-order valence-electron chi connectivity index (χ2n) is 4.18. The lowest BCUT2D eigenvalue weighted by Gasteiger charge is -2.08. The lowest BCUT2D eigenvalue weighted by atomic mass is 10.2. The molecule has 2 aromatic rings. The molecule has 0 amide bonds. The number of hydrogen-bond donors (Lipinski definition) is 1. The van der Waals surface area contributed by atoms with Crippen LogP contribution < -0.4 is 0 Å². The van der Waals surface area contributed by atoms with E-state index in [9.17, 15) is 5.11 Å². The number of halogens is 1. The molecule has 1 aromatic carbocycles. The van der Waals surface area contributed by atoms with Crippen molar-refractivity contribution in [1.29, 1.82) is 0 Å². The molecule has 0 bridgehead atoms. The molecule has 1 aliphatic rings. The van der Waals surface area contributed by atoms with E-state index in [0.717, 1.165) is 28.7 Å². The van der Waals surface area contributed by atoms with Gasteiger partial charge in [0.1, 0.15) is 6.61 Å². The highest BCUT2D eigenvalue weighted by molar-refractivity contribution is 9.10. The highest BCUT2D eigenvalue weighted by atomic mass is 79.9. The average Bonchev–Trinajstić information content (AvgIpc) is 3.10. The smallest absolute Gasteiger partial charge is 0.165 e. The Hall–Kier alpha value is -1.20. The summed E-state index contributed by atoms with van der Waals surface area (Å²) in [6.45, 7) is -0.0616. The molecule has 0 unspecified atom stereocenters. The summed E-state index contributed by atoms with van der Waals surface area (Å²) >= 11 is 3.52. The molecule has 0 spiro atoms. The Bertz CT molecular complexity index is 548.